The summed E-state index contributed by atoms with van der Waals surface area (Å²) >= 11 is 0. The monoisotopic (exact) mass is 170 g/mol. The molecule has 12 heavy (non-hydrogen) atoms. The van der Waals surface area contributed by atoms with Gasteiger partial charge in [0.1, 0.15) is 0 Å². The molecule has 0 atom stereocenters. The molecule has 0 unspecified atom stereocenters. The second-order valence-corrected chi connectivity index (χ2v) is 2.25. The van der Waals surface area contributed by atoms with Crippen molar-refractivity contribution in [3.63, 3.8) is 0 Å². The fourth-order valence-electron chi connectivity index (χ4n) is 0.768. The molecule has 0 aromatic carbocycles. The molecule has 0 spiro atoms. The molecule has 1 amide bonds. The molecule has 0 saturated heterocycles. The van der Waals surface area contributed by atoms with E-state index in [0.29, 0.717) is 11.3 Å². The Morgan fingerprint density at radius 1 is 1.75 bits per heavy atom. The van der Waals surface area contributed by atoms with E-state index in [4.69, 9.17) is 5.11 Å². The molecular formula is C7H7FN2O2. The highest BCUT2D eigenvalue weighted by atomic mass is 19.1. The van der Waals surface area contributed by atoms with Crippen molar-refractivity contribution in [1.82, 2.24) is 4.98 Å². The molecule has 4 nitrogen and oxygen atoms in total. The molecular weight excluding hydrogens is 163 g/mol. The maximum atomic E-state index is 12.4. The van der Waals surface area contributed by atoms with E-state index in [2.05, 4.69) is 10.3 Å². The predicted octanol–water partition coefficient (Wildman–Crippen LogP) is 1.62. The highest BCUT2D eigenvalue weighted by molar-refractivity contribution is 5.83. The van der Waals surface area contributed by atoms with E-state index < -0.39 is 12.0 Å². The Labute approximate surface area is 68.1 Å². The number of rotatable bonds is 1. The van der Waals surface area contributed by atoms with Crippen molar-refractivity contribution >= 4 is 11.8 Å². The molecule has 0 aliphatic rings. The van der Waals surface area contributed by atoms with Crippen molar-refractivity contribution in [2.24, 2.45) is 0 Å². The number of amides is 1. The number of hydrogen-bond acceptors (Lipinski definition) is 2. The molecule has 0 saturated carbocycles. The van der Waals surface area contributed by atoms with Crippen LogP contribution >= 0.6 is 0 Å². The van der Waals surface area contributed by atoms with Crippen LogP contribution in [0.15, 0.2) is 12.3 Å². The van der Waals surface area contributed by atoms with Gasteiger partial charge >= 0.3 is 6.09 Å². The van der Waals surface area contributed by atoms with Crippen LogP contribution < -0.4 is 5.32 Å². The number of halogens is 1. The molecule has 0 radical (unpaired) electrons. The van der Waals surface area contributed by atoms with Crippen molar-refractivity contribution in [2.45, 2.75) is 6.92 Å². The van der Waals surface area contributed by atoms with Gasteiger partial charge in [0.05, 0.1) is 11.9 Å². The van der Waals surface area contributed by atoms with Crippen molar-refractivity contribution in [2.75, 3.05) is 5.32 Å². The van der Waals surface area contributed by atoms with Gasteiger partial charge in [-0.15, -0.1) is 0 Å². The zero-order chi connectivity index (χ0) is 9.14. The standard InChI is InChI=1S/C7H7FN2O2/c1-4-2-6(8)9-3-5(4)10-7(11)12/h2-3,10H,1H3,(H,11,12). The summed E-state index contributed by atoms with van der Waals surface area (Å²) in [6.45, 7) is 1.59. The average molecular weight is 170 g/mol. The molecule has 1 aromatic rings. The number of carbonyl (C=O) groups is 1. The van der Waals surface area contributed by atoms with E-state index in [9.17, 15) is 9.18 Å². The lowest BCUT2D eigenvalue weighted by molar-refractivity contribution is 0.209. The molecule has 0 aliphatic carbocycles. The molecule has 0 aliphatic heterocycles. The topological polar surface area (TPSA) is 62.2 Å². The van der Waals surface area contributed by atoms with Crippen molar-refractivity contribution < 1.29 is 14.3 Å². The SMILES string of the molecule is Cc1cc(F)ncc1NC(=O)O. The summed E-state index contributed by atoms with van der Waals surface area (Å²) in [6, 6.07) is 1.16. The molecule has 2 N–H and O–H groups in total. The summed E-state index contributed by atoms with van der Waals surface area (Å²) in [5.74, 6) is -0.622. The molecule has 1 aromatic heterocycles. The van der Waals surface area contributed by atoms with Crippen LogP contribution in [0.5, 0.6) is 0 Å². The lowest BCUT2D eigenvalue weighted by atomic mass is 10.2. The van der Waals surface area contributed by atoms with E-state index in [0.717, 1.165) is 12.3 Å². The Bertz CT molecular complexity index is 314. The third-order valence-electron chi connectivity index (χ3n) is 1.32. The van der Waals surface area contributed by atoms with Gasteiger partial charge in [-0.25, -0.2) is 9.78 Å². The van der Waals surface area contributed by atoms with Crippen LogP contribution in [-0.4, -0.2) is 16.2 Å². The van der Waals surface area contributed by atoms with Gasteiger partial charge in [-0.3, -0.25) is 5.32 Å². The summed E-state index contributed by atoms with van der Waals surface area (Å²) < 4.78 is 12.4. The van der Waals surface area contributed by atoms with Crippen LogP contribution in [0, 0.1) is 12.9 Å². The van der Waals surface area contributed by atoms with Gasteiger partial charge in [-0.2, -0.15) is 4.39 Å². The van der Waals surface area contributed by atoms with Gasteiger partial charge in [0.15, 0.2) is 0 Å². The van der Waals surface area contributed by atoms with Crippen LogP contribution in [0.4, 0.5) is 14.9 Å². The minimum atomic E-state index is -1.19. The lowest BCUT2D eigenvalue weighted by Gasteiger charge is -2.02. The Morgan fingerprint density at radius 2 is 2.42 bits per heavy atom. The van der Waals surface area contributed by atoms with Crippen molar-refractivity contribution in [1.29, 1.82) is 0 Å². The Hall–Kier alpha value is -1.65. The van der Waals surface area contributed by atoms with Gasteiger partial charge in [-0.05, 0) is 18.6 Å². The van der Waals surface area contributed by atoms with Crippen LogP contribution in [0.2, 0.25) is 0 Å². The Morgan fingerprint density at radius 3 is 2.92 bits per heavy atom. The van der Waals surface area contributed by atoms with Crippen LogP contribution in [0.25, 0.3) is 0 Å². The normalized spacial score (nSPS) is 9.50. The van der Waals surface area contributed by atoms with Crippen molar-refractivity contribution in [3.8, 4) is 0 Å². The molecule has 5 heteroatoms. The molecule has 1 heterocycles. The highest BCUT2D eigenvalue weighted by Crippen LogP contribution is 2.12. The zero-order valence-electron chi connectivity index (χ0n) is 6.34. The summed E-state index contributed by atoms with van der Waals surface area (Å²) in [5.41, 5.74) is 0.800. The minimum absolute atomic E-state index is 0.295. The second-order valence-electron chi connectivity index (χ2n) is 2.25. The van der Waals surface area contributed by atoms with E-state index in [1.54, 1.807) is 6.92 Å². The van der Waals surface area contributed by atoms with Crippen molar-refractivity contribution in [3.05, 3.63) is 23.8 Å². The molecule has 1 rings (SSSR count). The first-order chi connectivity index (χ1) is 5.59. The van der Waals surface area contributed by atoms with Crippen LogP contribution in [0.1, 0.15) is 5.56 Å². The second kappa shape index (κ2) is 3.17. The van der Waals surface area contributed by atoms with E-state index in [-0.39, 0.29) is 0 Å². The fourth-order valence-corrected chi connectivity index (χ4v) is 0.768. The quantitative estimate of drug-likeness (QED) is 0.629. The Balaban J connectivity index is 2.93. The predicted molar refractivity (Wildman–Crippen MR) is 40.6 cm³/mol. The Kier molecular flexibility index (Phi) is 2.23. The zero-order valence-corrected chi connectivity index (χ0v) is 6.34. The largest absolute Gasteiger partial charge is 0.465 e. The number of aromatic nitrogens is 1. The van der Waals surface area contributed by atoms with Gasteiger partial charge in [0.25, 0.3) is 0 Å². The highest BCUT2D eigenvalue weighted by Gasteiger charge is 2.02. The minimum Gasteiger partial charge on any atom is -0.465 e. The number of carboxylic acid groups (broad SMARTS) is 1. The summed E-state index contributed by atoms with van der Waals surface area (Å²) in [6.07, 6.45) is -0.0507. The number of pyridine rings is 1. The van der Waals surface area contributed by atoms with E-state index in [1.807, 2.05) is 0 Å². The number of anilines is 1. The number of nitrogens with zero attached hydrogens (tertiary/aromatic N) is 1. The lowest BCUT2D eigenvalue weighted by Crippen LogP contribution is -2.09. The first-order valence-electron chi connectivity index (χ1n) is 3.21. The number of nitrogens with one attached hydrogen (secondary N) is 1. The summed E-state index contributed by atoms with van der Waals surface area (Å²) in [7, 11) is 0. The van der Waals surface area contributed by atoms with Gasteiger partial charge in [0, 0.05) is 0 Å². The smallest absolute Gasteiger partial charge is 0.409 e. The first-order valence-corrected chi connectivity index (χ1v) is 3.21. The van der Waals surface area contributed by atoms with E-state index >= 15 is 0 Å². The fraction of sp³-hybridized carbons (Fsp3) is 0.143. The molecule has 0 bridgehead atoms. The summed E-state index contributed by atoms with van der Waals surface area (Å²) in [4.78, 5) is 13.5. The third kappa shape index (κ3) is 1.91. The van der Waals surface area contributed by atoms with Crippen LogP contribution in [-0.2, 0) is 0 Å². The van der Waals surface area contributed by atoms with Crippen LogP contribution in [0.3, 0.4) is 0 Å². The maximum Gasteiger partial charge on any atom is 0.409 e. The van der Waals surface area contributed by atoms with Gasteiger partial charge in [-0.1, -0.05) is 0 Å². The number of hydrogen-bond donors (Lipinski definition) is 2. The summed E-state index contributed by atoms with van der Waals surface area (Å²) in [5, 5.41) is 10.4. The third-order valence-corrected chi connectivity index (χ3v) is 1.32. The molecule has 64 valence electrons. The average Bonchev–Trinajstić information content (AvgIpc) is 1.94. The number of aryl methyl sites for hydroxylation is 1. The first kappa shape index (κ1) is 8.45. The maximum absolute atomic E-state index is 12.4. The van der Waals surface area contributed by atoms with E-state index in [1.165, 1.54) is 0 Å². The molecule has 0 fully saturated rings. The van der Waals surface area contributed by atoms with Gasteiger partial charge < -0.3 is 5.11 Å². The van der Waals surface area contributed by atoms with Gasteiger partial charge in [0.2, 0.25) is 5.95 Å².